The van der Waals surface area contributed by atoms with Crippen LogP contribution in [0.15, 0.2) is 78.0 Å². The smallest absolute Gasteiger partial charge is 0.337 e. The van der Waals surface area contributed by atoms with E-state index < -0.39 is 5.97 Å². The number of hydrogen-bond donors (Lipinski definition) is 1. The molecule has 0 amide bonds. The van der Waals surface area contributed by atoms with Crippen LogP contribution in [0.5, 0.6) is 5.75 Å². The van der Waals surface area contributed by atoms with Gasteiger partial charge in [0.15, 0.2) is 0 Å². The Hall–Kier alpha value is -4.13. The van der Waals surface area contributed by atoms with E-state index in [4.69, 9.17) is 4.74 Å². The minimum absolute atomic E-state index is 0.131. The predicted octanol–water partition coefficient (Wildman–Crippen LogP) is 3.61. The zero-order valence-corrected chi connectivity index (χ0v) is 16.4. The molecule has 4 rings (SSSR count). The van der Waals surface area contributed by atoms with Gasteiger partial charge in [-0.15, -0.1) is 0 Å². The molecule has 2 aromatic carbocycles. The Balaban J connectivity index is 1.85. The number of para-hydroxylation sites is 1. The number of pyridine rings is 1. The summed E-state index contributed by atoms with van der Waals surface area (Å²) in [6, 6.07) is 15.7. The summed E-state index contributed by atoms with van der Waals surface area (Å²) in [5.41, 5.74) is 3.68. The van der Waals surface area contributed by atoms with Gasteiger partial charge in [0.05, 0.1) is 24.6 Å². The van der Waals surface area contributed by atoms with E-state index in [0.29, 0.717) is 5.69 Å². The Morgan fingerprint density at radius 3 is 2.43 bits per heavy atom. The van der Waals surface area contributed by atoms with E-state index in [0.717, 1.165) is 28.0 Å². The molecule has 150 valence electrons. The molecule has 0 radical (unpaired) electrons. The predicted molar refractivity (Wildman–Crippen MR) is 113 cm³/mol. The average Bonchev–Trinajstić information content (AvgIpc) is 3.25. The Labute approximate surface area is 172 Å². The monoisotopic (exact) mass is 401 g/mol. The fourth-order valence-electron chi connectivity index (χ4n) is 3.32. The van der Waals surface area contributed by atoms with Crippen molar-refractivity contribution in [2.24, 2.45) is 7.05 Å². The molecule has 0 fully saturated rings. The Kier molecular flexibility index (Phi) is 4.93. The number of carboxylic acid groups (broad SMARTS) is 1. The van der Waals surface area contributed by atoms with E-state index in [2.05, 4.69) is 5.10 Å². The van der Waals surface area contributed by atoms with Gasteiger partial charge in [-0.1, -0.05) is 24.3 Å². The highest BCUT2D eigenvalue weighted by molar-refractivity contribution is 5.92. The van der Waals surface area contributed by atoms with Crippen LogP contribution in [0, 0.1) is 0 Å². The largest absolute Gasteiger partial charge is 0.497 e. The normalized spacial score (nSPS) is 10.7. The molecule has 0 saturated heterocycles. The molecular weight excluding hydrogens is 382 g/mol. The molecule has 0 spiro atoms. The lowest BCUT2D eigenvalue weighted by Crippen LogP contribution is -2.15. The van der Waals surface area contributed by atoms with E-state index >= 15 is 0 Å². The topological polar surface area (TPSA) is 86.4 Å². The molecule has 0 bridgehead atoms. The molecule has 7 heteroatoms. The van der Waals surface area contributed by atoms with E-state index in [-0.39, 0.29) is 11.1 Å². The van der Waals surface area contributed by atoms with Crippen molar-refractivity contribution in [1.82, 2.24) is 14.3 Å². The third-order valence-corrected chi connectivity index (χ3v) is 4.90. The quantitative estimate of drug-likeness (QED) is 0.552. The summed E-state index contributed by atoms with van der Waals surface area (Å²) in [6.07, 6.45) is 5.17. The maximum Gasteiger partial charge on any atom is 0.337 e. The summed E-state index contributed by atoms with van der Waals surface area (Å²) in [7, 11) is 3.29. The summed E-state index contributed by atoms with van der Waals surface area (Å²) in [5.74, 6) is -0.300. The Morgan fingerprint density at radius 1 is 1.00 bits per heavy atom. The van der Waals surface area contributed by atoms with E-state index in [1.807, 2.05) is 24.3 Å². The first-order valence-corrected chi connectivity index (χ1v) is 9.21. The number of rotatable bonds is 5. The van der Waals surface area contributed by atoms with Gasteiger partial charge < -0.3 is 14.4 Å². The van der Waals surface area contributed by atoms with Gasteiger partial charge in [-0.2, -0.15) is 5.10 Å². The van der Waals surface area contributed by atoms with Crippen LogP contribution in [-0.4, -0.2) is 32.5 Å². The van der Waals surface area contributed by atoms with E-state index in [9.17, 15) is 14.7 Å². The SMILES string of the molecule is COc1ccc(-c2cc(=O)n(C)cc2-c2cnn(-c3ccccc3C(=O)O)c2)cc1. The molecule has 0 aliphatic heterocycles. The highest BCUT2D eigenvalue weighted by atomic mass is 16.5. The van der Waals surface area contributed by atoms with Gasteiger partial charge >= 0.3 is 5.97 Å². The third-order valence-electron chi connectivity index (χ3n) is 4.90. The van der Waals surface area contributed by atoms with Crippen molar-refractivity contribution >= 4 is 5.97 Å². The minimum Gasteiger partial charge on any atom is -0.497 e. The number of aromatic carboxylic acids is 1. The lowest BCUT2D eigenvalue weighted by Gasteiger charge is -2.11. The number of carbonyl (C=O) groups is 1. The second-order valence-corrected chi connectivity index (χ2v) is 6.77. The number of ether oxygens (including phenoxy) is 1. The Bertz CT molecular complexity index is 1290. The van der Waals surface area contributed by atoms with E-state index in [1.54, 1.807) is 57.0 Å². The molecule has 2 aromatic heterocycles. The Morgan fingerprint density at radius 2 is 1.73 bits per heavy atom. The van der Waals surface area contributed by atoms with Gasteiger partial charge in [-0.05, 0) is 35.4 Å². The maximum atomic E-state index is 12.3. The molecule has 1 N–H and O–H groups in total. The van der Waals surface area contributed by atoms with E-state index in [1.165, 1.54) is 15.3 Å². The van der Waals surface area contributed by atoms with Crippen LogP contribution in [-0.2, 0) is 7.05 Å². The van der Waals surface area contributed by atoms with Crippen molar-refractivity contribution in [2.45, 2.75) is 0 Å². The highest BCUT2D eigenvalue weighted by Gasteiger charge is 2.15. The summed E-state index contributed by atoms with van der Waals surface area (Å²) >= 11 is 0. The zero-order chi connectivity index (χ0) is 21.3. The van der Waals surface area contributed by atoms with Crippen LogP contribution in [0.1, 0.15) is 10.4 Å². The zero-order valence-electron chi connectivity index (χ0n) is 16.4. The first kappa shape index (κ1) is 19.2. The van der Waals surface area contributed by atoms with Crippen LogP contribution in [0.2, 0.25) is 0 Å². The van der Waals surface area contributed by atoms with Gasteiger partial charge in [-0.25, -0.2) is 9.48 Å². The van der Waals surface area contributed by atoms with Gasteiger partial charge in [0.25, 0.3) is 5.56 Å². The third kappa shape index (κ3) is 3.48. The molecule has 0 aliphatic rings. The summed E-state index contributed by atoms with van der Waals surface area (Å²) in [6.45, 7) is 0. The summed E-state index contributed by atoms with van der Waals surface area (Å²) in [4.78, 5) is 23.9. The van der Waals surface area contributed by atoms with Crippen molar-refractivity contribution in [3.8, 4) is 33.7 Å². The maximum absolute atomic E-state index is 12.3. The van der Waals surface area contributed by atoms with Gasteiger partial charge in [0.2, 0.25) is 0 Å². The van der Waals surface area contributed by atoms with Crippen LogP contribution in [0.4, 0.5) is 0 Å². The van der Waals surface area contributed by atoms with Gasteiger partial charge in [0, 0.05) is 36.6 Å². The summed E-state index contributed by atoms with van der Waals surface area (Å²) < 4.78 is 8.25. The lowest BCUT2D eigenvalue weighted by molar-refractivity contribution is 0.0696. The molecular formula is C23H19N3O4. The number of aryl methyl sites for hydroxylation is 1. The lowest BCUT2D eigenvalue weighted by atomic mass is 9.98. The van der Waals surface area contributed by atoms with Crippen molar-refractivity contribution in [1.29, 1.82) is 0 Å². The minimum atomic E-state index is -1.02. The molecule has 30 heavy (non-hydrogen) atoms. The number of benzene rings is 2. The van der Waals surface area contributed by atoms with Crippen molar-refractivity contribution < 1.29 is 14.6 Å². The van der Waals surface area contributed by atoms with Crippen LogP contribution >= 0.6 is 0 Å². The highest BCUT2D eigenvalue weighted by Crippen LogP contribution is 2.32. The second kappa shape index (κ2) is 7.71. The van der Waals surface area contributed by atoms with Crippen molar-refractivity contribution in [3.05, 3.63) is 89.1 Å². The molecule has 7 nitrogen and oxygen atoms in total. The molecule has 2 heterocycles. The standard InChI is InChI=1S/C23H19N3O4/c1-25-14-20(19(11-22(25)27)15-7-9-17(30-2)10-8-15)16-12-24-26(13-16)21-6-4-3-5-18(21)23(28)29/h3-14H,1-2H3,(H,28,29). The number of nitrogens with zero attached hydrogens (tertiary/aromatic N) is 3. The van der Waals surface area contributed by atoms with Crippen LogP contribution < -0.4 is 10.3 Å². The fourth-order valence-corrected chi connectivity index (χ4v) is 3.32. The second-order valence-electron chi connectivity index (χ2n) is 6.77. The van der Waals surface area contributed by atoms with Gasteiger partial charge in [-0.3, -0.25) is 4.79 Å². The number of aromatic nitrogens is 3. The number of methoxy groups -OCH3 is 1. The van der Waals surface area contributed by atoms with Crippen molar-refractivity contribution in [3.63, 3.8) is 0 Å². The number of carboxylic acids is 1. The average molecular weight is 401 g/mol. The molecule has 0 aliphatic carbocycles. The fraction of sp³-hybridized carbons (Fsp3) is 0.0870. The van der Waals surface area contributed by atoms with Crippen LogP contribution in [0.3, 0.4) is 0 Å². The first-order chi connectivity index (χ1) is 14.5. The molecule has 0 unspecified atom stereocenters. The first-order valence-electron chi connectivity index (χ1n) is 9.21. The molecule has 0 atom stereocenters. The van der Waals surface area contributed by atoms with Crippen molar-refractivity contribution in [2.75, 3.05) is 7.11 Å². The molecule has 0 saturated carbocycles. The summed E-state index contributed by atoms with van der Waals surface area (Å²) in [5, 5.41) is 13.8. The van der Waals surface area contributed by atoms with Crippen LogP contribution in [0.25, 0.3) is 27.9 Å². The number of hydrogen-bond acceptors (Lipinski definition) is 4. The molecule has 4 aromatic rings. The van der Waals surface area contributed by atoms with Gasteiger partial charge in [0.1, 0.15) is 5.75 Å².